The summed E-state index contributed by atoms with van der Waals surface area (Å²) in [7, 11) is -2.43. The second kappa shape index (κ2) is 13.8. The fourth-order valence-corrected chi connectivity index (χ4v) is 13.6. The van der Waals surface area contributed by atoms with Crippen molar-refractivity contribution in [3.63, 3.8) is 0 Å². The SMILES string of the molecule is C[Si](c1ccccc1)(c1ccc2ccccc2c1)c1ccc(-c2ccc(-c3c4ccccc4c(-c4cccc5ccccc45)c4ccccc34)cc2)c2ccccc12. The molecule has 0 aliphatic carbocycles. The summed E-state index contributed by atoms with van der Waals surface area (Å²) >= 11 is 0. The Hall–Kier alpha value is -7.06. The molecule has 11 aromatic carbocycles. The van der Waals surface area contributed by atoms with Crippen LogP contribution in [-0.4, -0.2) is 8.07 Å². The van der Waals surface area contributed by atoms with E-state index in [1.165, 1.54) is 103 Å². The Balaban J connectivity index is 1.07. The molecule has 0 saturated heterocycles. The average molecular weight is 753 g/mol. The molecule has 0 aliphatic rings. The highest BCUT2D eigenvalue weighted by Gasteiger charge is 2.36. The molecule has 0 radical (unpaired) electrons. The van der Waals surface area contributed by atoms with Gasteiger partial charge in [-0.25, -0.2) is 0 Å². The molecule has 1 unspecified atom stereocenters. The van der Waals surface area contributed by atoms with E-state index in [-0.39, 0.29) is 0 Å². The largest absolute Gasteiger partial charge is 0.146 e. The maximum absolute atomic E-state index is 2.53. The highest BCUT2D eigenvalue weighted by atomic mass is 28.3. The molecular weight excluding hydrogens is 713 g/mol. The van der Waals surface area contributed by atoms with Crippen molar-refractivity contribution in [3.05, 3.63) is 224 Å². The van der Waals surface area contributed by atoms with Crippen LogP contribution in [0.3, 0.4) is 0 Å². The second-order valence-electron chi connectivity index (χ2n) is 15.7. The first kappa shape index (κ1) is 34.2. The molecule has 11 rings (SSSR count). The van der Waals surface area contributed by atoms with Crippen LogP contribution in [-0.2, 0) is 0 Å². The van der Waals surface area contributed by atoms with Crippen molar-refractivity contribution in [1.29, 1.82) is 0 Å². The van der Waals surface area contributed by atoms with E-state index in [9.17, 15) is 0 Å². The molecule has 1 atom stereocenters. The first-order chi connectivity index (χ1) is 28.7. The zero-order valence-electron chi connectivity index (χ0n) is 32.4. The van der Waals surface area contributed by atoms with E-state index in [4.69, 9.17) is 0 Å². The van der Waals surface area contributed by atoms with E-state index < -0.39 is 8.07 Å². The molecule has 0 spiro atoms. The quantitative estimate of drug-likeness (QED) is 0.0901. The van der Waals surface area contributed by atoms with Crippen molar-refractivity contribution in [2.75, 3.05) is 0 Å². The van der Waals surface area contributed by atoms with E-state index >= 15 is 0 Å². The summed E-state index contributed by atoms with van der Waals surface area (Å²) in [6, 6.07) is 83.6. The number of fused-ring (bicyclic) bond motifs is 5. The first-order valence-electron chi connectivity index (χ1n) is 20.3. The third kappa shape index (κ3) is 5.43. The number of benzene rings is 11. The Morgan fingerprint density at radius 1 is 0.276 bits per heavy atom. The van der Waals surface area contributed by atoms with Crippen LogP contribution in [0.15, 0.2) is 224 Å². The maximum Gasteiger partial charge on any atom is 0.146 e. The summed E-state index contributed by atoms with van der Waals surface area (Å²) in [4.78, 5) is 0. The predicted molar refractivity (Wildman–Crippen MR) is 254 cm³/mol. The van der Waals surface area contributed by atoms with Crippen LogP contribution in [0.2, 0.25) is 6.55 Å². The van der Waals surface area contributed by atoms with Crippen LogP contribution in [0.5, 0.6) is 0 Å². The molecular formula is C57H40Si. The molecule has 0 bridgehead atoms. The smallest absolute Gasteiger partial charge is 0.0624 e. The van der Waals surface area contributed by atoms with Crippen LogP contribution in [0.4, 0.5) is 0 Å². The lowest BCUT2D eigenvalue weighted by molar-refractivity contribution is 1.63. The molecule has 1 heteroatoms. The van der Waals surface area contributed by atoms with Crippen LogP contribution in [0.1, 0.15) is 0 Å². The molecule has 0 fully saturated rings. The summed E-state index contributed by atoms with van der Waals surface area (Å²) in [5.74, 6) is 0. The molecule has 11 aromatic rings. The molecule has 58 heavy (non-hydrogen) atoms. The second-order valence-corrected chi connectivity index (χ2v) is 19.6. The van der Waals surface area contributed by atoms with E-state index in [2.05, 4.69) is 231 Å². The molecule has 0 aliphatic heterocycles. The summed E-state index contributed by atoms with van der Waals surface area (Å²) < 4.78 is 0. The Bertz CT molecular complexity index is 3280. The molecule has 272 valence electrons. The van der Waals surface area contributed by atoms with E-state index in [0.29, 0.717) is 0 Å². The molecule has 0 aromatic heterocycles. The van der Waals surface area contributed by atoms with Gasteiger partial charge in [-0.05, 0) is 103 Å². The predicted octanol–water partition coefficient (Wildman–Crippen LogP) is 13.6. The number of hydrogen-bond donors (Lipinski definition) is 0. The van der Waals surface area contributed by atoms with Crippen molar-refractivity contribution >= 4 is 77.5 Å². The molecule has 0 N–H and O–H groups in total. The zero-order chi connectivity index (χ0) is 38.6. The van der Waals surface area contributed by atoms with Crippen molar-refractivity contribution in [1.82, 2.24) is 0 Å². The minimum atomic E-state index is -2.43. The zero-order valence-corrected chi connectivity index (χ0v) is 33.4. The van der Waals surface area contributed by atoms with Crippen LogP contribution in [0, 0.1) is 0 Å². The van der Waals surface area contributed by atoms with Gasteiger partial charge in [0.05, 0.1) is 0 Å². The van der Waals surface area contributed by atoms with Gasteiger partial charge in [-0.1, -0.05) is 231 Å². The lowest BCUT2D eigenvalue weighted by atomic mass is 9.84. The Kier molecular flexibility index (Phi) is 8.17. The van der Waals surface area contributed by atoms with Gasteiger partial charge in [0.25, 0.3) is 0 Å². The fraction of sp³-hybridized carbons (Fsp3) is 0.0175. The van der Waals surface area contributed by atoms with Gasteiger partial charge in [0, 0.05) is 0 Å². The number of rotatable bonds is 6. The summed E-state index contributed by atoms with van der Waals surface area (Å²) in [5, 5.41) is 17.1. The van der Waals surface area contributed by atoms with E-state index in [1.807, 2.05) is 0 Å². The highest BCUT2D eigenvalue weighted by molar-refractivity contribution is 7.11. The van der Waals surface area contributed by atoms with Gasteiger partial charge in [-0.3, -0.25) is 0 Å². The van der Waals surface area contributed by atoms with Crippen LogP contribution >= 0.6 is 0 Å². The lowest BCUT2D eigenvalue weighted by Gasteiger charge is -2.31. The standard InChI is InChI=1S/C57H40Si/c1-58(44-20-3-2-4-21-44,45-35-34-39-16-5-6-18-43(39)38-45)55-37-36-47(48-23-9-10-24-49(48)55)41-30-32-42(33-31-41)56-51-25-11-13-27-53(51)57(54-28-14-12-26-52(54)56)50-29-15-19-40-17-7-8-22-46(40)50/h2-38H,1H3. The van der Waals surface area contributed by atoms with E-state index in [0.717, 1.165) is 0 Å². The van der Waals surface area contributed by atoms with Crippen LogP contribution in [0.25, 0.3) is 87.2 Å². The number of hydrogen-bond acceptors (Lipinski definition) is 0. The van der Waals surface area contributed by atoms with Crippen molar-refractivity contribution in [2.24, 2.45) is 0 Å². The minimum absolute atomic E-state index is 1.22. The van der Waals surface area contributed by atoms with Crippen LogP contribution < -0.4 is 15.6 Å². The maximum atomic E-state index is 2.53. The average Bonchev–Trinajstić information content (AvgIpc) is 3.30. The van der Waals surface area contributed by atoms with Crippen molar-refractivity contribution in [3.8, 4) is 33.4 Å². The minimum Gasteiger partial charge on any atom is -0.0624 e. The Labute approximate surface area is 340 Å². The molecule has 0 nitrogen and oxygen atoms in total. The van der Waals surface area contributed by atoms with Gasteiger partial charge in [-0.2, -0.15) is 0 Å². The van der Waals surface area contributed by atoms with Crippen molar-refractivity contribution < 1.29 is 0 Å². The summed E-state index contributed by atoms with van der Waals surface area (Å²) in [5.41, 5.74) is 7.56. The van der Waals surface area contributed by atoms with Gasteiger partial charge >= 0.3 is 0 Å². The van der Waals surface area contributed by atoms with Gasteiger partial charge in [0.2, 0.25) is 0 Å². The van der Waals surface area contributed by atoms with Crippen molar-refractivity contribution in [2.45, 2.75) is 6.55 Å². The van der Waals surface area contributed by atoms with Gasteiger partial charge < -0.3 is 0 Å². The van der Waals surface area contributed by atoms with Gasteiger partial charge in [0.15, 0.2) is 0 Å². The van der Waals surface area contributed by atoms with Gasteiger partial charge in [0.1, 0.15) is 8.07 Å². The lowest BCUT2D eigenvalue weighted by Crippen LogP contribution is -2.64. The third-order valence-corrected chi connectivity index (χ3v) is 17.1. The van der Waals surface area contributed by atoms with Gasteiger partial charge in [-0.15, -0.1) is 0 Å². The summed E-state index contributed by atoms with van der Waals surface area (Å²) in [6.45, 7) is 2.53. The first-order valence-corrected chi connectivity index (χ1v) is 22.8. The molecule has 0 amide bonds. The summed E-state index contributed by atoms with van der Waals surface area (Å²) in [6.07, 6.45) is 0. The topological polar surface area (TPSA) is 0 Å². The van der Waals surface area contributed by atoms with E-state index in [1.54, 1.807) is 0 Å². The highest BCUT2D eigenvalue weighted by Crippen LogP contribution is 2.45. The molecule has 0 saturated carbocycles. The Morgan fingerprint density at radius 3 is 1.48 bits per heavy atom. The fourth-order valence-electron chi connectivity index (χ4n) is 9.73. The Morgan fingerprint density at radius 2 is 0.793 bits per heavy atom. The molecule has 0 heterocycles. The normalized spacial score (nSPS) is 12.7. The third-order valence-electron chi connectivity index (χ3n) is 12.6. The monoisotopic (exact) mass is 752 g/mol.